The molecule has 82 valence electrons. The van der Waals surface area contributed by atoms with Gasteiger partial charge in [0.1, 0.15) is 12.0 Å². The molecule has 6 heteroatoms. The normalized spacial score (nSPS) is 11.4. The van der Waals surface area contributed by atoms with E-state index < -0.39 is 16.0 Å². The van der Waals surface area contributed by atoms with Crippen molar-refractivity contribution in [3.63, 3.8) is 0 Å². The summed E-state index contributed by atoms with van der Waals surface area (Å²) in [6.45, 7) is 1.75. The Balaban J connectivity index is 3.23. The highest BCUT2D eigenvalue weighted by Crippen LogP contribution is 2.19. The Bertz CT molecular complexity index is 496. The van der Waals surface area contributed by atoms with Gasteiger partial charge in [-0.1, -0.05) is 0 Å². The molecule has 0 spiro atoms. The summed E-state index contributed by atoms with van der Waals surface area (Å²) in [6.07, 6.45) is 0.631. The first-order valence-corrected chi connectivity index (χ1v) is 6.63. The number of aldehydes is 1. The van der Waals surface area contributed by atoms with Crippen LogP contribution in [0.5, 0.6) is 0 Å². The molecule has 1 aromatic rings. The summed E-state index contributed by atoms with van der Waals surface area (Å²) in [5, 5.41) is 0. The molecule has 0 amide bonds. The molecule has 0 aliphatic heterocycles. The van der Waals surface area contributed by atoms with Gasteiger partial charge in [-0.25, -0.2) is 0 Å². The molecule has 0 atom stereocenters. The van der Waals surface area contributed by atoms with Crippen molar-refractivity contribution in [2.45, 2.75) is 12.7 Å². The molecular weight excluding hydrogens is 334 g/mol. The van der Waals surface area contributed by atoms with Crippen molar-refractivity contribution >= 4 is 39.1 Å². The third-order valence-electron chi connectivity index (χ3n) is 1.91. The first-order valence-electron chi connectivity index (χ1n) is 4.00. The van der Waals surface area contributed by atoms with Crippen LogP contribution in [0.25, 0.3) is 0 Å². The Morgan fingerprint density at radius 1 is 1.47 bits per heavy atom. The van der Waals surface area contributed by atoms with E-state index in [1.807, 2.05) is 22.6 Å². The molecule has 0 aliphatic carbocycles. The predicted molar refractivity (Wildman–Crippen MR) is 63.0 cm³/mol. The van der Waals surface area contributed by atoms with Crippen molar-refractivity contribution in [1.29, 1.82) is 0 Å². The highest BCUT2D eigenvalue weighted by atomic mass is 127. The van der Waals surface area contributed by atoms with Crippen molar-refractivity contribution in [3.8, 4) is 0 Å². The lowest BCUT2D eigenvalue weighted by Crippen LogP contribution is -2.00. The summed E-state index contributed by atoms with van der Waals surface area (Å²) in [5.41, 5.74) is 1.45. The van der Waals surface area contributed by atoms with Gasteiger partial charge in [0, 0.05) is 9.13 Å². The van der Waals surface area contributed by atoms with E-state index in [2.05, 4.69) is 0 Å². The fourth-order valence-corrected chi connectivity index (χ4v) is 2.44. The molecule has 0 saturated carbocycles. The third kappa shape index (κ3) is 3.53. The first kappa shape index (κ1) is 12.6. The van der Waals surface area contributed by atoms with Gasteiger partial charge in [-0.15, -0.1) is 3.89 Å². The van der Waals surface area contributed by atoms with Gasteiger partial charge in [0.05, 0.1) is 0 Å². The van der Waals surface area contributed by atoms with Crippen LogP contribution in [-0.2, 0) is 16.0 Å². The average molecular weight is 342 g/mol. The maximum absolute atomic E-state index is 12.4. The quantitative estimate of drug-likeness (QED) is 0.481. The molecule has 0 saturated heterocycles. The number of benzene rings is 1. The minimum atomic E-state index is -4.55. The second-order valence-corrected chi connectivity index (χ2v) is 5.62. The second kappa shape index (κ2) is 4.56. The highest BCUT2D eigenvalue weighted by molar-refractivity contribution is 14.1. The van der Waals surface area contributed by atoms with Crippen LogP contribution in [0.2, 0.25) is 0 Å². The van der Waals surface area contributed by atoms with Gasteiger partial charge in [-0.3, -0.25) is 4.79 Å². The Hall–Kier alpha value is -0.500. The first-order chi connectivity index (χ1) is 6.83. The van der Waals surface area contributed by atoms with E-state index in [4.69, 9.17) is 0 Å². The standard InChI is InChI=1S/C9H8FIO3S/c1-6-8(4-12)2-7(3-9(6)11)5-15(10,13)14/h2-4H,5H2,1H3. The zero-order chi connectivity index (χ0) is 11.6. The molecule has 15 heavy (non-hydrogen) atoms. The van der Waals surface area contributed by atoms with E-state index in [1.165, 1.54) is 6.07 Å². The monoisotopic (exact) mass is 342 g/mol. The number of carbonyl (C=O) groups is 1. The Morgan fingerprint density at radius 3 is 2.53 bits per heavy atom. The van der Waals surface area contributed by atoms with Crippen LogP contribution in [0.1, 0.15) is 21.5 Å². The van der Waals surface area contributed by atoms with E-state index >= 15 is 0 Å². The topological polar surface area (TPSA) is 51.2 Å². The Kier molecular flexibility index (Phi) is 3.82. The minimum absolute atomic E-state index is 0.287. The van der Waals surface area contributed by atoms with Crippen molar-refractivity contribution in [3.05, 3.63) is 32.4 Å². The number of rotatable bonds is 3. The lowest BCUT2D eigenvalue weighted by atomic mass is 10.1. The summed E-state index contributed by atoms with van der Waals surface area (Å²) >= 11 is 1.97. The van der Waals surface area contributed by atoms with E-state index in [0.29, 0.717) is 11.8 Å². The van der Waals surface area contributed by atoms with Gasteiger partial charge in [-0.2, -0.15) is 8.42 Å². The number of carbonyl (C=O) groups excluding carboxylic acids is 1. The SMILES string of the molecule is Cc1c(I)cc(CS(=O)(=O)F)cc1C=O. The van der Waals surface area contributed by atoms with Gasteiger partial charge in [0.25, 0.3) is 0 Å². The van der Waals surface area contributed by atoms with Crippen LogP contribution >= 0.6 is 22.6 Å². The molecule has 1 aromatic carbocycles. The van der Waals surface area contributed by atoms with Gasteiger partial charge in [0.2, 0.25) is 0 Å². The zero-order valence-corrected chi connectivity index (χ0v) is 10.8. The lowest BCUT2D eigenvalue weighted by Gasteiger charge is -2.05. The molecule has 0 N–H and O–H groups in total. The van der Waals surface area contributed by atoms with Crippen molar-refractivity contribution in [2.24, 2.45) is 0 Å². The molecule has 0 fully saturated rings. The zero-order valence-electron chi connectivity index (χ0n) is 7.83. The minimum Gasteiger partial charge on any atom is -0.298 e. The smallest absolute Gasteiger partial charge is 0.298 e. The third-order valence-corrected chi connectivity index (χ3v) is 3.71. The largest absolute Gasteiger partial charge is 0.306 e. The van der Waals surface area contributed by atoms with Gasteiger partial charge < -0.3 is 0 Å². The highest BCUT2D eigenvalue weighted by Gasteiger charge is 2.12. The molecule has 0 radical (unpaired) electrons. The number of hydrogen-bond acceptors (Lipinski definition) is 3. The maximum Gasteiger partial charge on any atom is 0.306 e. The van der Waals surface area contributed by atoms with Crippen molar-refractivity contribution in [2.75, 3.05) is 0 Å². The molecule has 0 heterocycles. The Labute approximate surface area is 101 Å². The summed E-state index contributed by atoms with van der Waals surface area (Å²) in [4.78, 5) is 10.7. The van der Waals surface area contributed by atoms with Crippen LogP contribution < -0.4 is 0 Å². The fourth-order valence-electron chi connectivity index (χ4n) is 1.16. The van der Waals surface area contributed by atoms with E-state index in [0.717, 1.165) is 9.13 Å². The summed E-state index contributed by atoms with van der Waals surface area (Å²) in [6, 6.07) is 2.95. The summed E-state index contributed by atoms with van der Waals surface area (Å²) < 4.78 is 34.0. The van der Waals surface area contributed by atoms with Crippen LogP contribution in [-0.4, -0.2) is 14.7 Å². The van der Waals surface area contributed by atoms with Gasteiger partial charge in [-0.05, 0) is 52.8 Å². The molecule has 0 unspecified atom stereocenters. The number of hydrogen-bond donors (Lipinski definition) is 0. The average Bonchev–Trinajstić information content (AvgIpc) is 2.08. The second-order valence-electron chi connectivity index (χ2n) is 3.09. The summed E-state index contributed by atoms with van der Waals surface area (Å²) in [5.74, 6) is -0.690. The van der Waals surface area contributed by atoms with Crippen molar-refractivity contribution in [1.82, 2.24) is 0 Å². The van der Waals surface area contributed by atoms with E-state index in [9.17, 15) is 17.1 Å². The molecular formula is C9H8FIO3S. The molecule has 0 bridgehead atoms. The molecule has 0 aliphatic rings. The van der Waals surface area contributed by atoms with E-state index in [1.54, 1.807) is 13.0 Å². The van der Waals surface area contributed by atoms with Crippen LogP contribution in [0.15, 0.2) is 12.1 Å². The molecule has 0 aromatic heterocycles. The Morgan fingerprint density at radius 2 is 2.07 bits per heavy atom. The van der Waals surface area contributed by atoms with E-state index in [-0.39, 0.29) is 5.56 Å². The van der Waals surface area contributed by atoms with Crippen molar-refractivity contribution < 1.29 is 17.1 Å². The number of halogens is 2. The maximum atomic E-state index is 12.4. The summed E-state index contributed by atoms with van der Waals surface area (Å²) in [7, 11) is -4.55. The van der Waals surface area contributed by atoms with Crippen LogP contribution in [0, 0.1) is 10.5 Å². The fraction of sp³-hybridized carbons (Fsp3) is 0.222. The molecule has 1 rings (SSSR count). The van der Waals surface area contributed by atoms with Gasteiger partial charge in [0.15, 0.2) is 0 Å². The van der Waals surface area contributed by atoms with Crippen LogP contribution in [0.4, 0.5) is 3.89 Å². The van der Waals surface area contributed by atoms with Crippen LogP contribution in [0.3, 0.4) is 0 Å². The predicted octanol–water partition coefficient (Wildman–Crippen LogP) is 2.21. The lowest BCUT2D eigenvalue weighted by molar-refractivity contribution is 0.112. The molecule has 3 nitrogen and oxygen atoms in total. The van der Waals surface area contributed by atoms with Gasteiger partial charge >= 0.3 is 10.2 Å².